The number of nitrogens with one attached hydrogen (secondary N) is 1. The third-order valence-corrected chi connectivity index (χ3v) is 4.70. The van der Waals surface area contributed by atoms with Crippen LogP contribution >= 0.6 is 0 Å². The molecule has 0 aromatic heterocycles. The van der Waals surface area contributed by atoms with E-state index < -0.39 is 0 Å². The van der Waals surface area contributed by atoms with E-state index in [0.717, 1.165) is 38.4 Å². The first kappa shape index (κ1) is 13.9. The molecule has 2 rings (SSSR count). The summed E-state index contributed by atoms with van der Waals surface area (Å²) in [5.41, 5.74) is 0. The maximum atomic E-state index is 12.5. The molecule has 2 aliphatic rings. The van der Waals surface area contributed by atoms with Gasteiger partial charge < -0.3 is 10.2 Å². The molecule has 1 amide bonds. The zero-order valence-electron chi connectivity index (χ0n) is 12.0. The van der Waals surface area contributed by atoms with Crippen LogP contribution in [0.3, 0.4) is 0 Å². The van der Waals surface area contributed by atoms with E-state index in [1.165, 1.54) is 25.7 Å². The quantitative estimate of drug-likeness (QED) is 0.836. The minimum absolute atomic E-state index is 0.224. The number of likely N-dealkylation sites (tertiary alicyclic amines) is 1. The number of carbonyl (C=O) groups excluding carboxylic acids is 1. The summed E-state index contributed by atoms with van der Waals surface area (Å²) in [4.78, 5) is 14.6. The van der Waals surface area contributed by atoms with Crippen molar-refractivity contribution >= 4 is 5.91 Å². The molecule has 1 N–H and O–H groups in total. The summed E-state index contributed by atoms with van der Waals surface area (Å²) >= 11 is 0. The lowest BCUT2D eigenvalue weighted by Crippen LogP contribution is -2.50. The fourth-order valence-electron chi connectivity index (χ4n) is 3.47. The predicted octanol–water partition coefficient (Wildman–Crippen LogP) is 2.41. The zero-order chi connectivity index (χ0) is 13.0. The number of hydrogen-bond donors (Lipinski definition) is 1. The summed E-state index contributed by atoms with van der Waals surface area (Å²) in [5, 5.41) is 3.43. The molecule has 2 heterocycles. The highest BCUT2D eigenvalue weighted by Crippen LogP contribution is 2.25. The molecule has 3 heteroatoms. The highest BCUT2D eigenvalue weighted by Gasteiger charge is 2.32. The van der Waals surface area contributed by atoms with Crippen molar-refractivity contribution in [1.29, 1.82) is 0 Å². The second kappa shape index (κ2) is 6.55. The van der Waals surface area contributed by atoms with Crippen LogP contribution in [0, 0.1) is 11.8 Å². The molecule has 0 radical (unpaired) electrons. The highest BCUT2D eigenvalue weighted by atomic mass is 16.2. The molecule has 2 unspecified atom stereocenters. The van der Waals surface area contributed by atoms with Gasteiger partial charge in [-0.05, 0) is 45.1 Å². The van der Waals surface area contributed by atoms with Gasteiger partial charge >= 0.3 is 0 Å². The SMILES string of the molecule is CCCC1CCN(C(=O)C2CCCNC2C)CC1. The molecule has 0 spiro atoms. The second-order valence-corrected chi connectivity index (χ2v) is 6.05. The largest absolute Gasteiger partial charge is 0.342 e. The highest BCUT2D eigenvalue weighted by molar-refractivity contribution is 5.79. The number of piperidine rings is 2. The van der Waals surface area contributed by atoms with Crippen LogP contribution in [0.15, 0.2) is 0 Å². The Morgan fingerprint density at radius 2 is 2.00 bits per heavy atom. The molecule has 0 aromatic rings. The van der Waals surface area contributed by atoms with Gasteiger partial charge in [-0.1, -0.05) is 19.8 Å². The molecule has 2 fully saturated rings. The lowest BCUT2D eigenvalue weighted by atomic mass is 9.88. The van der Waals surface area contributed by atoms with Crippen LogP contribution in [-0.2, 0) is 4.79 Å². The van der Waals surface area contributed by atoms with Crippen LogP contribution in [0.5, 0.6) is 0 Å². The summed E-state index contributed by atoms with van der Waals surface area (Å²) in [7, 11) is 0. The molecule has 0 aliphatic carbocycles. The molecule has 0 aromatic carbocycles. The van der Waals surface area contributed by atoms with Gasteiger partial charge in [-0.2, -0.15) is 0 Å². The van der Waals surface area contributed by atoms with Gasteiger partial charge in [0.25, 0.3) is 0 Å². The Morgan fingerprint density at radius 3 is 2.61 bits per heavy atom. The summed E-state index contributed by atoms with van der Waals surface area (Å²) in [5.74, 6) is 1.49. The molecule has 0 bridgehead atoms. The summed E-state index contributed by atoms with van der Waals surface area (Å²) < 4.78 is 0. The van der Waals surface area contributed by atoms with E-state index in [0.29, 0.717) is 11.9 Å². The molecule has 104 valence electrons. The number of rotatable bonds is 3. The van der Waals surface area contributed by atoms with Crippen LogP contribution in [-0.4, -0.2) is 36.5 Å². The third kappa shape index (κ3) is 3.25. The fraction of sp³-hybridized carbons (Fsp3) is 0.933. The Morgan fingerprint density at radius 1 is 1.28 bits per heavy atom. The summed E-state index contributed by atoms with van der Waals surface area (Å²) in [6, 6.07) is 0.361. The summed E-state index contributed by atoms with van der Waals surface area (Å²) in [6.07, 6.45) is 7.27. The molecule has 0 saturated carbocycles. The van der Waals surface area contributed by atoms with Crippen LogP contribution in [0.1, 0.15) is 52.4 Å². The van der Waals surface area contributed by atoms with Gasteiger partial charge in [0, 0.05) is 19.1 Å². The molecular weight excluding hydrogens is 224 g/mol. The monoisotopic (exact) mass is 252 g/mol. The van der Waals surface area contributed by atoms with Crippen molar-refractivity contribution in [1.82, 2.24) is 10.2 Å². The van der Waals surface area contributed by atoms with E-state index in [4.69, 9.17) is 0 Å². The van der Waals surface area contributed by atoms with E-state index >= 15 is 0 Å². The number of carbonyl (C=O) groups is 1. The Kier molecular flexibility index (Phi) is 5.04. The fourth-order valence-corrected chi connectivity index (χ4v) is 3.47. The van der Waals surface area contributed by atoms with Crippen molar-refractivity contribution in [2.45, 2.75) is 58.4 Å². The van der Waals surface area contributed by atoms with Gasteiger partial charge in [-0.15, -0.1) is 0 Å². The number of nitrogens with zero attached hydrogens (tertiary/aromatic N) is 1. The number of hydrogen-bond acceptors (Lipinski definition) is 2. The second-order valence-electron chi connectivity index (χ2n) is 6.05. The maximum Gasteiger partial charge on any atom is 0.227 e. The minimum atomic E-state index is 0.224. The molecule has 2 atom stereocenters. The van der Waals surface area contributed by atoms with Crippen molar-refractivity contribution in [3.05, 3.63) is 0 Å². The summed E-state index contributed by atoms with van der Waals surface area (Å²) in [6.45, 7) is 7.47. The average Bonchev–Trinajstić information content (AvgIpc) is 2.40. The Bertz CT molecular complexity index is 272. The van der Waals surface area contributed by atoms with Crippen LogP contribution < -0.4 is 5.32 Å². The first-order valence-electron chi connectivity index (χ1n) is 7.74. The normalized spacial score (nSPS) is 30.4. The van der Waals surface area contributed by atoms with Crippen molar-refractivity contribution in [2.24, 2.45) is 11.8 Å². The lowest BCUT2D eigenvalue weighted by Gasteiger charge is -2.37. The van der Waals surface area contributed by atoms with Crippen LogP contribution in [0.4, 0.5) is 0 Å². The van der Waals surface area contributed by atoms with Gasteiger partial charge in [0.2, 0.25) is 5.91 Å². The minimum Gasteiger partial charge on any atom is -0.342 e. The predicted molar refractivity (Wildman–Crippen MR) is 74.4 cm³/mol. The van der Waals surface area contributed by atoms with Crippen LogP contribution in [0.2, 0.25) is 0 Å². The standard InChI is InChI=1S/C15H28N2O/c1-3-5-13-7-10-17(11-8-13)15(18)14-6-4-9-16-12(14)2/h12-14,16H,3-11H2,1-2H3. The third-order valence-electron chi connectivity index (χ3n) is 4.70. The molecule has 3 nitrogen and oxygen atoms in total. The van der Waals surface area contributed by atoms with E-state index in [9.17, 15) is 4.79 Å². The lowest BCUT2D eigenvalue weighted by molar-refractivity contribution is -0.138. The van der Waals surface area contributed by atoms with Gasteiger partial charge in [0.05, 0.1) is 5.92 Å². The van der Waals surface area contributed by atoms with Gasteiger partial charge in [-0.25, -0.2) is 0 Å². The maximum absolute atomic E-state index is 12.5. The van der Waals surface area contributed by atoms with Gasteiger partial charge in [-0.3, -0.25) is 4.79 Å². The van der Waals surface area contributed by atoms with Crippen molar-refractivity contribution in [3.63, 3.8) is 0 Å². The topological polar surface area (TPSA) is 32.3 Å². The Hall–Kier alpha value is -0.570. The van der Waals surface area contributed by atoms with E-state index in [-0.39, 0.29) is 5.92 Å². The average molecular weight is 252 g/mol. The Balaban J connectivity index is 1.83. The molecule has 2 saturated heterocycles. The van der Waals surface area contributed by atoms with Crippen molar-refractivity contribution in [3.8, 4) is 0 Å². The number of amides is 1. The van der Waals surface area contributed by atoms with Gasteiger partial charge in [0.15, 0.2) is 0 Å². The Labute approximate surface area is 111 Å². The zero-order valence-corrected chi connectivity index (χ0v) is 12.0. The smallest absolute Gasteiger partial charge is 0.227 e. The van der Waals surface area contributed by atoms with E-state index in [1.54, 1.807) is 0 Å². The first-order valence-corrected chi connectivity index (χ1v) is 7.74. The van der Waals surface area contributed by atoms with E-state index in [1.807, 2.05) is 0 Å². The van der Waals surface area contributed by atoms with Gasteiger partial charge in [0.1, 0.15) is 0 Å². The molecule has 2 aliphatic heterocycles. The van der Waals surface area contributed by atoms with E-state index in [2.05, 4.69) is 24.1 Å². The first-order chi connectivity index (χ1) is 8.72. The molecular formula is C15H28N2O. The van der Waals surface area contributed by atoms with Crippen molar-refractivity contribution < 1.29 is 4.79 Å². The van der Waals surface area contributed by atoms with Crippen LogP contribution in [0.25, 0.3) is 0 Å². The van der Waals surface area contributed by atoms with Crippen molar-refractivity contribution in [2.75, 3.05) is 19.6 Å². The molecule has 18 heavy (non-hydrogen) atoms.